The molecule has 430 valence electrons. The SMILES string of the molecule is CCCCC/C=C\C/C=C\CCCCCCCC(=O)OCCCCCCCCCCCCCC/C=C\CCCCCCCCCC(=O)NC(CO)C(O)CCCCCCCCCCCCCCCCCCCC. The van der Waals surface area contributed by atoms with Crippen LogP contribution in [0.15, 0.2) is 36.5 Å². The molecule has 6 nitrogen and oxygen atoms in total. The van der Waals surface area contributed by atoms with E-state index in [4.69, 9.17) is 4.74 Å². The molecule has 1 amide bonds. The molecule has 0 aromatic carbocycles. The Balaban J connectivity index is 3.42. The summed E-state index contributed by atoms with van der Waals surface area (Å²) in [6, 6.07) is -0.547. The van der Waals surface area contributed by atoms with Gasteiger partial charge in [-0.05, 0) is 83.5 Å². The highest BCUT2D eigenvalue weighted by Crippen LogP contribution is 2.18. The van der Waals surface area contributed by atoms with E-state index in [1.165, 1.54) is 270 Å². The van der Waals surface area contributed by atoms with Crippen LogP contribution in [-0.2, 0) is 14.3 Å². The van der Waals surface area contributed by atoms with E-state index in [0.717, 1.165) is 51.4 Å². The van der Waals surface area contributed by atoms with Crippen LogP contribution < -0.4 is 5.32 Å². The van der Waals surface area contributed by atoms with Crippen molar-refractivity contribution in [1.29, 1.82) is 0 Å². The van der Waals surface area contributed by atoms with Crippen LogP contribution in [0.25, 0.3) is 0 Å². The molecule has 3 N–H and O–H groups in total. The lowest BCUT2D eigenvalue weighted by Crippen LogP contribution is -2.45. The van der Waals surface area contributed by atoms with Gasteiger partial charge in [0.05, 0.1) is 25.4 Å². The highest BCUT2D eigenvalue weighted by Gasteiger charge is 2.20. The molecule has 0 aliphatic carbocycles. The molecular weight excluding hydrogens is 899 g/mol. The second-order valence-corrected chi connectivity index (χ2v) is 22.4. The van der Waals surface area contributed by atoms with Gasteiger partial charge in [0.2, 0.25) is 5.91 Å². The van der Waals surface area contributed by atoms with Crippen molar-refractivity contribution in [3.8, 4) is 0 Å². The number of hydrogen-bond acceptors (Lipinski definition) is 5. The summed E-state index contributed by atoms with van der Waals surface area (Å²) < 4.78 is 5.48. The van der Waals surface area contributed by atoms with Crippen molar-refractivity contribution in [1.82, 2.24) is 5.32 Å². The van der Waals surface area contributed by atoms with E-state index in [9.17, 15) is 19.8 Å². The van der Waals surface area contributed by atoms with Gasteiger partial charge in [0.25, 0.3) is 0 Å². The number of unbranched alkanes of at least 4 members (excludes halogenated alkanes) is 44. The van der Waals surface area contributed by atoms with Crippen molar-refractivity contribution < 1.29 is 24.5 Å². The van der Waals surface area contributed by atoms with E-state index in [1.54, 1.807) is 0 Å². The second kappa shape index (κ2) is 62.6. The molecule has 73 heavy (non-hydrogen) atoms. The summed E-state index contributed by atoms with van der Waals surface area (Å²) in [7, 11) is 0. The smallest absolute Gasteiger partial charge is 0.305 e. The van der Waals surface area contributed by atoms with Crippen LogP contribution in [0.1, 0.15) is 354 Å². The van der Waals surface area contributed by atoms with Gasteiger partial charge in [-0.1, -0.05) is 294 Å². The Hall–Kier alpha value is -1.92. The number of allylic oxidation sites excluding steroid dienone is 6. The number of rotatable bonds is 61. The summed E-state index contributed by atoms with van der Waals surface area (Å²) in [5.41, 5.74) is 0. The Morgan fingerprint density at radius 2 is 0.685 bits per heavy atom. The van der Waals surface area contributed by atoms with Crippen LogP contribution in [0.3, 0.4) is 0 Å². The summed E-state index contributed by atoms with van der Waals surface area (Å²) in [6.45, 7) is 4.94. The minimum Gasteiger partial charge on any atom is -0.466 e. The summed E-state index contributed by atoms with van der Waals surface area (Å²) in [5.74, 6) is -0.0411. The van der Waals surface area contributed by atoms with Gasteiger partial charge >= 0.3 is 5.97 Å². The summed E-state index contributed by atoms with van der Waals surface area (Å²) in [5, 5.41) is 23.4. The molecule has 2 unspecified atom stereocenters. The highest BCUT2D eigenvalue weighted by atomic mass is 16.5. The molecule has 0 aromatic heterocycles. The average molecular weight is 1030 g/mol. The third-order valence-corrected chi connectivity index (χ3v) is 15.2. The molecule has 0 saturated carbocycles. The molecule has 0 aromatic rings. The van der Waals surface area contributed by atoms with E-state index in [1.807, 2.05) is 0 Å². The van der Waals surface area contributed by atoms with Crippen molar-refractivity contribution in [2.45, 2.75) is 366 Å². The molecule has 0 saturated heterocycles. The first-order valence-corrected chi connectivity index (χ1v) is 32.7. The Bertz CT molecular complexity index is 1180. The van der Waals surface area contributed by atoms with Gasteiger partial charge in [-0.2, -0.15) is 0 Å². The predicted molar refractivity (Wildman–Crippen MR) is 319 cm³/mol. The molecule has 0 heterocycles. The number of esters is 1. The number of hydrogen-bond donors (Lipinski definition) is 3. The number of aliphatic hydroxyl groups is 2. The van der Waals surface area contributed by atoms with E-state index >= 15 is 0 Å². The Kier molecular flexibility index (Phi) is 61.0. The van der Waals surface area contributed by atoms with Gasteiger partial charge in [0.1, 0.15) is 0 Å². The molecule has 0 aliphatic heterocycles. The first-order valence-electron chi connectivity index (χ1n) is 32.7. The first-order chi connectivity index (χ1) is 36.0. The number of carbonyl (C=O) groups is 2. The molecule has 2 atom stereocenters. The van der Waals surface area contributed by atoms with Crippen LogP contribution >= 0.6 is 0 Å². The van der Waals surface area contributed by atoms with Gasteiger partial charge in [0.15, 0.2) is 0 Å². The summed E-state index contributed by atoms with van der Waals surface area (Å²) in [4.78, 5) is 24.6. The van der Waals surface area contributed by atoms with Crippen molar-refractivity contribution in [2.24, 2.45) is 0 Å². The fraction of sp³-hybridized carbons (Fsp3) is 0.881. The van der Waals surface area contributed by atoms with E-state index < -0.39 is 12.1 Å². The van der Waals surface area contributed by atoms with Crippen LogP contribution in [0, 0.1) is 0 Å². The largest absolute Gasteiger partial charge is 0.466 e. The lowest BCUT2D eigenvalue weighted by Gasteiger charge is -2.22. The topological polar surface area (TPSA) is 95.9 Å². The fourth-order valence-electron chi connectivity index (χ4n) is 10.1. The monoisotopic (exact) mass is 1030 g/mol. The maximum Gasteiger partial charge on any atom is 0.305 e. The molecule has 0 aliphatic rings. The zero-order valence-corrected chi connectivity index (χ0v) is 49.1. The van der Waals surface area contributed by atoms with Gasteiger partial charge in [-0.3, -0.25) is 9.59 Å². The lowest BCUT2D eigenvalue weighted by atomic mass is 10.0. The fourth-order valence-corrected chi connectivity index (χ4v) is 10.1. The zero-order valence-electron chi connectivity index (χ0n) is 49.1. The van der Waals surface area contributed by atoms with Gasteiger partial charge in [0, 0.05) is 12.8 Å². The van der Waals surface area contributed by atoms with Gasteiger partial charge in [-0.25, -0.2) is 0 Å². The van der Waals surface area contributed by atoms with Crippen LogP contribution in [0.2, 0.25) is 0 Å². The number of aliphatic hydroxyl groups excluding tert-OH is 2. The average Bonchev–Trinajstić information content (AvgIpc) is 3.39. The Labute approximate surface area is 455 Å². The normalized spacial score (nSPS) is 12.8. The van der Waals surface area contributed by atoms with E-state index in [2.05, 4.69) is 55.6 Å². The minimum atomic E-state index is -0.669. The molecule has 0 spiro atoms. The number of amides is 1. The van der Waals surface area contributed by atoms with E-state index in [0.29, 0.717) is 25.9 Å². The third kappa shape index (κ3) is 59.2. The van der Waals surface area contributed by atoms with Crippen LogP contribution in [-0.4, -0.2) is 47.4 Å². The molecule has 0 radical (unpaired) electrons. The Morgan fingerprint density at radius 3 is 1.08 bits per heavy atom. The second-order valence-electron chi connectivity index (χ2n) is 22.4. The summed E-state index contributed by atoms with van der Waals surface area (Å²) in [6.07, 6.45) is 78.7. The van der Waals surface area contributed by atoms with Crippen molar-refractivity contribution >= 4 is 11.9 Å². The highest BCUT2D eigenvalue weighted by molar-refractivity contribution is 5.76. The first kappa shape index (κ1) is 71.1. The molecule has 6 heteroatoms. The van der Waals surface area contributed by atoms with Crippen LogP contribution in [0.4, 0.5) is 0 Å². The molecule has 0 fully saturated rings. The zero-order chi connectivity index (χ0) is 52.9. The maximum absolute atomic E-state index is 12.5. The van der Waals surface area contributed by atoms with Gasteiger partial charge in [-0.15, -0.1) is 0 Å². The van der Waals surface area contributed by atoms with Crippen molar-refractivity contribution in [3.05, 3.63) is 36.5 Å². The van der Waals surface area contributed by atoms with Gasteiger partial charge < -0.3 is 20.3 Å². The number of carbonyl (C=O) groups excluding carboxylic acids is 2. The van der Waals surface area contributed by atoms with Crippen molar-refractivity contribution in [2.75, 3.05) is 13.2 Å². The molecule has 0 rings (SSSR count). The van der Waals surface area contributed by atoms with Crippen LogP contribution in [0.5, 0.6) is 0 Å². The quantitative estimate of drug-likeness (QED) is 0.0320. The number of nitrogens with one attached hydrogen (secondary N) is 1. The standard InChI is InChI=1S/C67H127NO5/c1-3-5-7-9-11-13-15-17-19-20-28-32-35-39-43-47-51-55-59-65(70)64(63-69)68-66(71)60-56-52-48-44-40-36-33-29-26-24-22-21-23-25-27-30-34-38-42-46-50-54-58-62-73-67(72)61-57-53-49-45-41-37-31-18-16-14-12-10-8-6-4-2/h12,14,18,24,26,31,64-65,69-70H,3-11,13,15-17,19-23,25,27-30,32-63H2,1-2H3,(H,68,71)/b14-12-,26-24-,31-18-. The van der Waals surface area contributed by atoms with Crippen molar-refractivity contribution in [3.63, 3.8) is 0 Å². The molecular formula is C67H127NO5. The third-order valence-electron chi connectivity index (χ3n) is 15.2. The molecule has 0 bridgehead atoms. The lowest BCUT2D eigenvalue weighted by molar-refractivity contribution is -0.143. The maximum atomic E-state index is 12.5. The minimum absolute atomic E-state index is 0.00222. The van der Waals surface area contributed by atoms with E-state index in [-0.39, 0.29) is 18.5 Å². The predicted octanol–water partition coefficient (Wildman–Crippen LogP) is 20.8. The Morgan fingerprint density at radius 1 is 0.384 bits per heavy atom. The number of ether oxygens (including phenoxy) is 1. The summed E-state index contributed by atoms with van der Waals surface area (Å²) >= 11 is 0.